The molecule has 0 fully saturated rings. The third-order valence-corrected chi connectivity index (χ3v) is 4.77. The van der Waals surface area contributed by atoms with Gasteiger partial charge in [-0.05, 0) is 51.3 Å². The molecule has 0 aromatic heterocycles. The van der Waals surface area contributed by atoms with Crippen molar-refractivity contribution in [1.29, 1.82) is 0 Å². The Kier molecular flexibility index (Phi) is 5.13. The van der Waals surface area contributed by atoms with E-state index in [1.54, 1.807) is 30.3 Å². The minimum atomic E-state index is -3.16. The highest BCUT2D eigenvalue weighted by molar-refractivity contribution is 9.10. The van der Waals surface area contributed by atoms with E-state index >= 15 is 0 Å². The standard InChI is InChI=1S/C15H15BrFNO2S/c1-21(19,20)13-5-2-11(3-6-13)9-18-10-12-4-7-14(16)15(17)8-12/h2-8,18H,9-10H2,1H3. The summed E-state index contributed by atoms with van der Waals surface area (Å²) in [6.45, 7) is 1.12. The minimum Gasteiger partial charge on any atom is -0.309 e. The summed E-state index contributed by atoms with van der Waals surface area (Å²) in [5, 5.41) is 3.19. The summed E-state index contributed by atoms with van der Waals surface area (Å²) < 4.78 is 36.5. The first-order valence-corrected chi connectivity index (χ1v) is 8.98. The van der Waals surface area contributed by atoms with Crippen LogP contribution in [0.1, 0.15) is 11.1 Å². The topological polar surface area (TPSA) is 46.2 Å². The van der Waals surface area contributed by atoms with Gasteiger partial charge in [-0.1, -0.05) is 18.2 Å². The molecular formula is C15H15BrFNO2S. The van der Waals surface area contributed by atoms with E-state index in [1.165, 1.54) is 12.3 Å². The van der Waals surface area contributed by atoms with E-state index in [2.05, 4.69) is 21.2 Å². The molecule has 0 aliphatic carbocycles. The number of hydrogen-bond donors (Lipinski definition) is 1. The van der Waals surface area contributed by atoms with Gasteiger partial charge in [0.25, 0.3) is 0 Å². The molecule has 0 aliphatic rings. The molecule has 0 aliphatic heterocycles. The number of nitrogens with one attached hydrogen (secondary N) is 1. The van der Waals surface area contributed by atoms with Crippen LogP contribution in [-0.4, -0.2) is 14.7 Å². The molecule has 3 nitrogen and oxygen atoms in total. The summed E-state index contributed by atoms with van der Waals surface area (Å²) in [6, 6.07) is 11.7. The normalized spacial score (nSPS) is 11.6. The van der Waals surface area contributed by atoms with E-state index < -0.39 is 9.84 Å². The summed E-state index contributed by atoms with van der Waals surface area (Å²) >= 11 is 3.11. The lowest BCUT2D eigenvalue weighted by molar-refractivity contribution is 0.602. The van der Waals surface area contributed by atoms with Crippen molar-refractivity contribution in [3.8, 4) is 0 Å². The molecule has 0 saturated heterocycles. The number of benzene rings is 2. The zero-order valence-corrected chi connectivity index (χ0v) is 13.8. The Morgan fingerprint density at radius 3 is 2.19 bits per heavy atom. The van der Waals surface area contributed by atoms with Crippen molar-refractivity contribution in [2.75, 3.05) is 6.26 Å². The van der Waals surface area contributed by atoms with Gasteiger partial charge in [-0.25, -0.2) is 12.8 Å². The van der Waals surface area contributed by atoms with Gasteiger partial charge in [-0.3, -0.25) is 0 Å². The molecule has 112 valence electrons. The lowest BCUT2D eigenvalue weighted by atomic mass is 10.2. The van der Waals surface area contributed by atoms with Gasteiger partial charge in [0.1, 0.15) is 5.82 Å². The van der Waals surface area contributed by atoms with Gasteiger partial charge in [-0.15, -0.1) is 0 Å². The molecule has 2 aromatic carbocycles. The van der Waals surface area contributed by atoms with E-state index in [9.17, 15) is 12.8 Å². The molecule has 0 unspecified atom stereocenters. The van der Waals surface area contributed by atoms with Crippen LogP contribution in [0.3, 0.4) is 0 Å². The molecule has 0 bridgehead atoms. The van der Waals surface area contributed by atoms with E-state index in [-0.39, 0.29) is 5.82 Å². The second kappa shape index (κ2) is 6.68. The predicted molar refractivity (Wildman–Crippen MR) is 84.2 cm³/mol. The van der Waals surface area contributed by atoms with Crippen LogP contribution in [0.2, 0.25) is 0 Å². The molecule has 0 radical (unpaired) electrons. The van der Waals surface area contributed by atoms with Gasteiger partial charge >= 0.3 is 0 Å². The average Bonchev–Trinajstić information content (AvgIpc) is 2.42. The van der Waals surface area contributed by atoms with Crippen molar-refractivity contribution in [2.45, 2.75) is 18.0 Å². The second-order valence-electron chi connectivity index (χ2n) is 4.77. The number of hydrogen-bond acceptors (Lipinski definition) is 3. The first-order chi connectivity index (χ1) is 9.86. The van der Waals surface area contributed by atoms with Gasteiger partial charge in [0.05, 0.1) is 9.37 Å². The largest absolute Gasteiger partial charge is 0.309 e. The Morgan fingerprint density at radius 1 is 1.05 bits per heavy atom. The van der Waals surface area contributed by atoms with Crippen molar-refractivity contribution < 1.29 is 12.8 Å². The van der Waals surface area contributed by atoms with E-state index in [4.69, 9.17) is 0 Å². The first-order valence-electron chi connectivity index (χ1n) is 6.30. The molecule has 21 heavy (non-hydrogen) atoms. The van der Waals surface area contributed by atoms with E-state index in [0.29, 0.717) is 22.5 Å². The van der Waals surface area contributed by atoms with Crippen LogP contribution in [0, 0.1) is 5.82 Å². The highest BCUT2D eigenvalue weighted by Gasteiger charge is 2.06. The summed E-state index contributed by atoms with van der Waals surface area (Å²) in [4.78, 5) is 0.307. The summed E-state index contributed by atoms with van der Waals surface area (Å²) in [5.41, 5.74) is 1.82. The van der Waals surface area contributed by atoms with Crippen LogP contribution in [0.4, 0.5) is 4.39 Å². The van der Waals surface area contributed by atoms with Crippen molar-refractivity contribution in [3.05, 3.63) is 63.9 Å². The molecule has 2 aromatic rings. The maximum absolute atomic E-state index is 13.4. The molecule has 0 amide bonds. The van der Waals surface area contributed by atoms with Crippen LogP contribution in [-0.2, 0) is 22.9 Å². The zero-order valence-electron chi connectivity index (χ0n) is 11.4. The van der Waals surface area contributed by atoms with Crippen molar-refractivity contribution in [3.63, 3.8) is 0 Å². The van der Waals surface area contributed by atoms with Gasteiger partial charge in [0, 0.05) is 19.3 Å². The van der Waals surface area contributed by atoms with Crippen molar-refractivity contribution in [2.24, 2.45) is 0 Å². The maximum Gasteiger partial charge on any atom is 0.175 e. The minimum absolute atomic E-state index is 0.285. The van der Waals surface area contributed by atoms with Gasteiger partial charge in [-0.2, -0.15) is 0 Å². The maximum atomic E-state index is 13.4. The SMILES string of the molecule is CS(=O)(=O)c1ccc(CNCc2ccc(Br)c(F)c2)cc1. The highest BCUT2D eigenvalue weighted by atomic mass is 79.9. The summed E-state index contributed by atoms with van der Waals surface area (Å²) in [7, 11) is -3.16. The van der Waals surface area contributed by atoms with E-state index in [0.717, 1.165) is 11.1 Å². The fourth-order valence-corrected chi connectivity index (χ4v) is 2.73. The Labute approximate surface area is 132 Å². The van der Waals surface area contributed by atoms with Gasteiger partial charge in [0.15, 0.2) is 9.84 Å². The smallest absolute Gasteiger partial charge is 0.175 e. The molecule has 0 spiro atoms. The third-order valence-electron chi connectivity index (χ3n) is 2.99. The summed E-state index contributed by atoms with van der Waals surface area (Å²) in [5.74, 6) is -0.285. The number of rotatable bonds is 5. The third kappa shape index (κ3) is 4.62. The van der Waals surface area contributed by atoms with Gasteiger partial charge < -0.3 is 5.32 Å². The Hall–Kier alpha value is -1.24. The van der Waals surface area contributed by atoms with Crippen LogP contribution >= 0.6 is 15.9 Å². The fourth-order valence-electron chi connectivity index (χ4n) is 1.86. The second-order valence-corrected chi connectivity index (χ2v) is 7.64. The zero-order chi connectivity index (χ0) is 15.5. The number of sulfone groups is 1. The predicted octanol–water partition coefficient (Wildman–Crippen LogP) is 3.28. The Morgan fingerprint density at radius 2 is 1.62 bits per heavy atom. The first kappa shape index (κ1) is 16.1. The lowest BCUT2D eigenvalue weighted by Gasteiger charge is -2.07. The van der Waals surface area contributed by atoms with Crippen molar-refractivity contribution >= 4 is 25.8 Å². The molecular weight excluding hydrogens is 357 g/mol. The Bertz CT molecular complexity index is 730. The van der Waals surface area contributed by atoms with E-state index in [1.807, 2.05) is 6.07 Å². The average molecular weight is 372 g/mol. The molecule has 6 heteroatoms. The lowest BCUT2D eigenvalue weighted by Crippen LogP contribution is -2.13. The summed E-state index contributed by atoms with van der Waals surface area (Å²) in [6.07, 6.45) is 1.18. The quantitative estimate of drug-likeness (QED) is 0.876. The monoisotopic (exact) mass is 371 g/mol. The van der Waals surface area contributed by atoms with Crippen LogP contribution < -0.4 is 5.32 Å². The highest BCUT2D eigenvalue weighted by Crippen LogP contribution is 2.16. The van der Waals surface area contributed by atoms with Crippen LogP contribution in [0.25, 0.3) is 0 Å². The van der Waals surface area contributed by atoms with Crippen LogP contribution in [0.5, 0.6) is 0 Å². The number of halogens is 2. The van der Waals surface area contributed by atoms with Crippen molar-refractivity contribution in [1.82, 2.24) is 5.32 Å². The Balaban J connectivity index is 1.93. The molecule has 2 rings (SSSR count). The molecule has 0 atom stereocenters. The molecule has 0 saturated carbocycles. The molecule has 0 heterocycles. The molecule has 1 N–H and O–H groups in total. The van der Waals surface area contributed by atoms with Gasteiger partial charge in [0.2, 0.25) is 0 Å². The van der Waals surface area contributed by atoms with Crippen LogP contribution in [0.15, 0.2) is 51.8 Å². The fraction of sp³-hybridized carbons (Fsp3) is 0.200.